The van der Waals surface area contributed by atoms with Crippen LogP contribution in [0.25, 0.3) is 5.78 Å². The van der Waals surface area contributed by atoms with E-state index in [4.69, 9.17) is 4.74 Å². The summed E-state index contributed by atoms with van der Waals surface area (Å²) in [6.07, 6.45) is -1.03. The fourth-order valence-corrected chi connectivity index (χ4v) is 2.70. The molecule has 10 heteroatoms. The van der Waals surface area contributed by atoms with E-state index in [-0.39, 0.29) is 5.82 Å². The Morgan fingerprint density at radius 3 is 2.48 bits per heavy atom. The van der Waals surface area contributed by atoms with Crippen molar-refractivity contribution in [2.75, 3.05) is 5.32 Å². The molecule has 27 heavy (non-hydrogen) atoms. The van der Waals surface area contributed by atoms with Gasteiger partial charge in [-0.05, 0) is 40.7 Å². The highest BCUT2D eigenvalue weighted by atomic mass is 16.5. The Hall–Kier alpha value is -3.30. The van der Waals surface area contributed by atoms with Gasteiger partial charge in [-0.25, -0.2) is 14.3 Å². The molecule has 3 heterocycles. The molecule has 0 saturated carbocycles. The molecule has 0 unspecified atom stereocenters. The number of aromatic nitrogens is 6. The molecule has 0 bridgehead atoms. The molecule has 3 aromatic rings. The maximum absolute atomic E-state index is 12.4. The van der Waals surface area contributed by atoms with Gasteiger partial charge in [-0.15, -0.1) is 5.10 Å². The van der Waals surface area contributed by atoms with Crippen molar-refractivity contribution in [1.29, 1.82) is 0 Å². The second kappa shape index (κ2) is 6.78. The third kappa shape index (κ3) is 3.50. The summed E-state index contributed by atoms with van der Waals surface area (Å²) in [5.74, 6) is -1.10. The van der Waals surface area contributed by atoms with E-state index in [2.05, 4.69) is 25.5 Å². The van der Waals surface area contributed by atoms with Gasteiger partial charge in [0.2, 0.25) is 0 Å². The quantitative estimate of drug-likeness (QED) is 0.687. The first-order chi connectivity index (χ1) is 12.7. The lowest BCUT2D eigenvalue weighted by Gasteiger charge is -2.12. The van der Waals surface area contributed by atoms with Crippen LogP contribution in [0.15, 0.2) is 6.07 Å². The molecule has 1 atom stereocenters. The first-order valence-corrected chi connectivity index (χ1v) is 8.40. The van der Waals surface area contributed by atoms with Crippen LogP contribution in [0.4, 0.5) is 5.69 Å². The standard InChI is InChI=1S/C17H21N7O3/c1-8-7-9(2)24-17(18-8)20-14(22-24)16(26)27-12(5)15(25)19-13-10(3)21-23(6)11(13)4/h7,12H,1-6H3,(H,19,25)/t12-/m0/s1. The van der Waals surface area contributed by atoms with Crippen molar-refractivity contribution in [3.63, 3.8) is 0 Å². The van der Waals surface area contributed by atoms with Gasteiger partial charge in [-0.1, -0.05) is 0 Å². The van der Waals surface area contributed by atoms with Crippen molar-refractivity contribution < 1.29 is 14.3 Å². The zero-order chi connectivity index (χ0) is 19.9. The average Bonchev–Trinajstić information content (AvgIpc) is 3.11. The van der Waals surface area contributed by atoms with Crippen molar-refractivity contribution >= 4 is 23.3 Å². The highest BCUT2D eigenvalue weighted by Crippen LogP contribution is 2.19. The predicted octanol–water partition coefficient (Wildman–Crippen LogP) is 1.28. The molecule has 0 aliphatic rings. The zero-order valence-electron chi connectivity index (χ0n) is 16.1. The number of nitrogens with zero attached hydrogens (tertiary/aromatic N) is 6. The molecule has 1 amide bonds. The third-order valence-electron chi connectivity index (χ3n) is 4.21. The number of aryl methyl sites for hydroxylation is 4. The van der Waals surface area contributed by atoms with Crippen LogP contribution in [-0.2, 0) is 16.6 Å². The molecule has 0 saturated heterocycles. The second-order valence-electron chi connectivity index (χ2n) is 6.39. The molecule has 0 aromatic carbocycles. The van der Waals surface area contributed by atoms with E-state index in [0.717, 1.165) is 17.1 Å². The zero-order valence-corrected chi connectivity index (χ0v) is 16.1. The normalized spacial score (nSPS) is 12.2. The largest absolute Gasteiger partial charge is 0.447 e. The number of carbonyl (C=O) groups is 2. The lowest BCUT2D eigenvalue weighted by atomic mass is 10.3. The lowest BCUT2D eigenvalue weighted by Crippen LogP contribution is -2.30. The molecular weight excluding hydrogens is 350 g/mol. The van der Waals surface area contributed by atoms with E-state index in [1.54, 1.807) is 18.7 Å². The monoisotopic (exact) mass is 371 g/mol. The molecule has 0 spiro atoms. The van der Waals surface area contributed by atoms with Crippen LogP contribution >= 0.6 is 0 Å². The molecule has 10 nitrogen and oxygen atoms in total. The summed E-state index contributed by atoms with van der Waals surface area (Å²) >= 11 is 0. The number of esters is 1. The Morgan fingerprint density at radius 2 is 1.85 bits per heavy atom. The lowest BCUT2D eigenvalue weighted by molar-refractivity contribution is -0.123. The number of nitrogens with one attached hydrogen (secondary N) is 1. The number of fused-ring (bicyclic) bond motifs is 1. The van der Waals surface area contributed by atoms with E-state index in [9.17, 15) is 9.59 Å². The fourth-order valence-electron chi connectivity index (χ4n) is 2.70. The summed E-state index contributed by atoms with van der Waals surface area (Å²) in [4.78, 5) is 33.0. The molecule has 142 valence electrons. The van der Waals surface area contributed by atoms with E-state index in [1.165, 1.54) is 11.4 Å². The van der Waals surface area contributed by atoms with E-state index in [1.807, 2.05) is 26.8 Å². The highest BCUT2D eigenvalue weighted by Gasteiger charge is 2.24. The van der Waals surface area contributed by atoms with Gasteiger partial charge in [-0.3, -0.25) is 9.48 Å². The molecular formula is C17H21N7O3. The summed E-state index contributed by atoms with van der Waals surface area (Å²) in [5, 5.41) is 11.1. The molecule has 1 N–H and O–H groups in total. The van der Waals surface area contributed by atoms with Gasteiger partial charge in [0, 0.05) is 18.4 Å². The van der Waals surface area contributed by atoms with Crippen molar-refractivity contribution in [2.45, 2.75) is 40.7 Å². The number of anilines is 1. The smallest absolute Gasteiger partial charge is 0.379 e. The van der Waals surface area contributed by atoms with Gasteiger partial charge in [0.05, 0.1) is 17.1 Å². The first kappa shape index (κ1) is 18.5. The summed E-state index contributed by atoms with van der Waals surface area (Å²) in [7, 11) is 1.79. The van der Waals surface area contributed by atoms with Crippen LogP contribution < -0.4 is 5.32 Å². The molecule has 0 radical (unpaired) electrons. The van der Waals surface area contributed by atoms with Crippen LogP contribution in [0.3, 0.4) is 0 Å². The number of amides is 1. The summed E-state index contributed by atoms with van der Waals surface area (Å²) < 4.78 is 8.33. The van der Waals surface area contributed by atoms with Crippen LogP contribution in [-0.4, -0.2) is 47.3 Å². The van der Waals surface area contributed by atoms with Crippen molar-refractivity contribution in [2.24, 2.45) is 7.05 Å². The van der Waals surface area contributed by atoms with Gasteiger partial charge < -0.3 is 10.1 Å². The first-order valence-electron chi connectivity index (χ1n) is 8.40. The van der Waals surface area contributed by atoms with Crippen LogP contribution in [0.5, 0.6) is 0 Å². The van der Waals surface area contributed by atoms with E-state index in [0.29, 0.717) is 17.2 Å². The Labute approximate surface area is 155 Å². The molecule has 0 aliphatic carbocycles. The summed E-state index contributed by atoms with van der Waals surface area (Å²) in [6, 6.07) is 1.82. The van der Waals surface area contributed by atoms with Crippen molar-refractivity contribution in [1.82, 2.24) is 29.4 Å². The Morgan fingerprint density at radius 1 is 1.15 bits per heavy atom. The highest BCUT2D eigenvalue weighted by molar-refractivity contribution is 5.97. The molecule has 0 fully saturated rings. The van der Waals surface area contributed by atoms with Gasteiger partial charge in [0.15, 0.2) is 6.10 Å². The molecule has 3 rings (SSSR count). The van der Waals surface area contributed by atoms with Gasteiger partial charge >= 0.3 is 5.97 Å². The van der Waals surface area contributed by atoms with E-state index < -0.39 is 18.0 Å². The molecule has 0 aliphatic heterocycles. The maximum Gasteiger partial charge on any atom is 0.379 e. The Kier molecular flexibility index (Phi) is 4.64. The minimum atomic E-state index is -1.03. The average molecular weight is 371 g/mol. The topological polar surface area (TPSA) is 116 Å². The van der Waals surface area contributed by atoms with Gasteiger partial charge in [0.25, 0.3) is 17.5 Å². The summed E-state index contributed by atoms with van der Waals surface area (Å²) in [5.41, 5.74) is 3.64. The third-order valence-corrected chi connectivity index (χ3v) is 4.21. The summed E-state index contributed by atoms with van der Waals surface area (Å²) in [6.45, 7) is 8.77. The Bertz CT molecular complexity index is 1050. The maximum atomic E-state index is 12.4. The SMILES string of the molecule is Cc1cc(C)n2nc(C(=O)O[C@@H](C)C(=O)Nc3c(C)nn(C)c3C)nc2n1. The number of ether oxygens (including phenoxy) is 1. The van der Waals surface area contributed by atoms with Gasteiger partial charge in [-0.2, -0.15) is 10.1 Å². The van der Waals surface area contributed by atoms with Crippen LogP contribution in [0, 0.1) is 27.7 Å². The van der Waals surface area contributed by atoms with Crippen molar-refractivity contribution in [3.05, 3.63) is 34.7 Å². The molecule has 3 aromatic heterocycles. The predicted molar refractivity (Wildman–Crippen MR) is 96.4 cm³/mol. The number of hydrogen-bond donors (Lipinski definition) is 1. The van der Waals surface area contributed by atoms with E-state index >= 15 is 0 Å². The Balaban J connectivity index is 1.73. The second-order valence-corrected chi connectivity index (χ2v) is 6.39. The minimum absolute atomic E-state index is 0.149. The van der Waals surface area contributed by atoms with Gasteiger partial charge in [0.1, 0.15) is 0 Å². The minimum Gasteiger partial charge on any atom is -0.447 e. The number of hydrogen-bond acceptors (Lipinski definition) is 7. The number of rotatable bonds is 4. The van der Waals surface area contributed by atoms with Crippen LogP contribution in [0.1, 0.15) is 40.3 Å². The van der Waals surface area contributed by atoms with Crippen LogP contribution in [0.2, 0.25) is 0 Å². The number of carbonyl (C=O) groups excluding carboxylic acids is 2. The van der Waals surface area contributed by atoms with Crippen molar-refractivity contribution in [3.8, 4) is 0 Å². The fraction of sp³-hybridized carbons (Fsp3) is 0.412.